The second kappa shape index (κ2) is 4.17. The molecule has 1 nitrogen and oxygen atoms in total. The molecule has 0 bridgehead atoms. The Bertz CT molecular complexity index is 822. The molecule has 2 aromatic carbocycles. The van der Waals surface area contributed by atoms with Crippen molar-refractivity contribution in [2.45, 2.75) is 26.2 Å². The zero-order valence-corrected chi connectivity index (χ0v) is 12.2. The molecular formula is C17H16OS. The van der Waals surface area contributed by atoms with Crippen molar-refractivity contribution in [2.24, 2.45) is 0 Å². The summed E-state index contributed by atoms with van der Waals surface area (Å²) >= 11 is 1.70. The quantitative estimate of drug-likeness (QED) is 0.539. The number of benzene rings is 2. The van der Waals surface area contributed by atoms with Gasteiger partial charge in [0.1, 0.15) is 0 Å². The van der Waals surface area contributed by atoms with E-state index in [1.165, 1.54) is 0 Å². The van der Waals surface area contributed by atoms with Gasteiger partial charge in [-0.1, -0.05) is 45.0 Å². The van der Waals surface area contributed by atoms with Gasteiger partial charge in [-0.25, -0.2) is 0 Å². The summed E-state index contributed by atoms with van der Waals surface area (Å²) in [5.41, 5.74) is 1.28. The average molecular weight is 268 g/mol. The Morgan fingerprint density at radius 3 is 2.32 bits per heavy atom. The topological polar surface area (TPSA) is 17.1 Å². The zero-order chi connectivity index (χ0) is 13.6. The van der Waals surface area contributed by atoms with Gasteiger partial charge >= 0.3 is 0 Å². The van der Waals surface area contributed by atoms with E-state index in [0.717, 1.165) is 25.7 Å². The molecule has 19 heavy (non-hydrogen) atoms. The van der Waals surface area contributed by atoms with Crippen LogP contribution in [0.25, 0.3) is 20.2 Å². The molecule has 0 atom stereocenters. The zero-order valence-electron chi connectivity index (χ0n) is 11.4. The summed E-state index contributed by atoms with van der Waals surface area (Å²) in [6.07, 6.45) is 0. The molecule has 0 saturated carbocycles. The van der Waals surface area contributed by atoms with Crippen LogP contribution in [0, 0.1) is 0 Å². The molecular weight excluding hydrogens is 252 g/mol. The van der Waals surface area contributed by atoms with Crippen LogP contribution in [-0.2, 0) is 5.41 Å². The second-order valence-electron chi connectivity index (χ2n) is 5.86. The molecule has 2 heteroatoms. The molecule has 3 rings (SSSR count). The molecule has 0 radical (unpaired) electrons. The first-order chi connectivity index (χ1) is 8.98. The standard InChI is InChI=1S/C17H16OS/c1-17(2,3)12-8-6-10-14-15(12)16(18)11-7-4-5-9-13(11)19-14/h4-10H,1-3H3. The predicted octanol–water partition coefficient (Wildman–Crippen LogP) is 4.71. The van der Waals surface area contributed by atoms with E-state index in [9.17, 15) is 4.79 Å². The third-order valence-electron chi connectivity index (χ3n) is 3.41. The van der Waals surface area contributed by atoms with Gasteiger partial charge in [-0.2, -0.15) is 0 Å². The van der Waals surface area contributed by atoms with E-state index in [-0.39, 0.29) is 10.8 Å². The van der Waals surface area contributed by atoms with Crippen LogP contribution in [0.4, 0.5) is 0 Å². The molecule has 0 spiro atoms. The van der Waals surface area contributed by atoms with Gasteiger partial charge in [-0.05, 0) is 29.2 Å². The summed E-state index contributed by atoms with van der Waals surface area (Å²) in [4.78, 5) is 12.8. The van der Waals surface area contributed by atoms with Crippen LogP contribution in [0.1, 0.15) is 26.3 Å². The van der Waals surface area contributed by atoms with Crippen molar-refractivity contribution in [1.29, 1.82) is 0 Å². The van der Waals surface area contributed by atoms with Gasteiger partial charge in [0, 0.05) is 20.2 Å². The van der Waals surface area contributed by atoms with Gasteiger partial charge < -0.3 is 0 Å². The van der Waals surface area contributed by atoms with Crippen LogP contribution in [-0.4, -0.2) is 0 Å². The van der Waals surface area contributed by atoms with E-state index in [1.807, 2.05) is 36.4 Å². The van der Waals surface area contributed by atoms with E-state index < -0.39 is 0 Å². The molecule has 0 fully saturated rings. The third kappa shape index (κ3) is 1.96. The van der Waals surface area contributed by atoms with E-state index >= 15 is 0 Å². The van der Waals surface area contributed by atoms with Gasteiger partial charge in [-0.3, -0.25) is 4.79 Å². The summed E-state index contributed by atoms with van der Waals surface area (Å²) < 4.78 is 2.14. The maximum atomic E-state index is 12.8. The molecule has 0 N–H and O–H groups in total. The van der Waals surface area contributed by atoms with Crippen LogP contribution >= 0.6 is 11.3 Å². The maximum Gasteiger partial charge on any atom is 0.196 e. The first-order valence-electron chi connectivity index (χ1n) is 6.43. The van der Waals surface area contributed by atoms with Crippen molar-refractivity contribution < 1.29 is 0 Å². The predicted molar refractivity (Wildman–Crippen MR) is 84.3 cm³/mol. The number of fused-ring (bicyclic) bond motifs is 2. The maximum absolute atomic E-state index is 12.8. The molecule has 3 aromatic rings. The third-order valence-corrected chi connectivity index (χ3v) is 4.55. The van der Waals surface area contributed by atoms with Crippen molar-refractivity contribution in [2.75, 3.05) is 0 Å². The lowest BCUT2D eigenvalue weighted by Gasteiger charge is -2.20. The fourth-order valence-corrected chi connectivity index (χ4v) is 3.58. The summed E-state index contributed by atoms with van der Waals surface area (Å²) in [5, 5.41) is 1.72. The number of hydrogen-bond acceptors (Lipinski definition) is 2. The van der Waals surface area contributed by atoms with Crippen LogP contribution in [0.15, 0.2) is 47.3 Å². The molecule has 0 aliphatic carbocycles. The molecule has 1 aromatic heterocycles. The highest BCUT2D eigenvalue weighted by Crippen LogP contribution is 2.32. The minimum absolute atomic E-state index is 0.0200. The van der Waals surface area contributed by atoms with Gasteiger partial charge in [0.25, 0.3) is 0 Å². The molecule has 96 valence electrons. The molecule has 0 saturated heterocycles. The lowest BCUT2D eigenvalue weighted by atomic mass is 9.85. The van der Waals surface area contributed by atoms with E-state index in [1.54, 1.807) is 11.3 Å². The molecule has 0 aliphatic heterocycles. The average Bonchev–Trinajstić information content (AvgIpc) is 2.37. The van der Waals surface area contributed by atoms with Gasteiger partial charge in [0.05, 0.1) is 0 Å². The first-order valence-corrected chi connectivity index (χ1v) is 7.25. The molecule has 0 aliphatic rings. The van der Waals surface area contributed by atoms with Gasteiger partial charge in [0.2, 0.25) is 0 Å². The van der Waals surface area contributed by atoms with Crippen LogP contribution in [0.2, 0.25) is 0 Å². The fraction of sp³-hybridized carbons (Fsp3) is 0.235. The first kappa shape index (κ1) is 12.4. The van der Waals surface area contributed by atoms with Crippen molar-refractivity contribution in [3.8, 4) is 0 Å². The highest BCUT2D eigenvalue weighted by atomic mass is 32.1. The Labute approximate surface area is 116 Å². The highest BCUT2D eigenvalue weighted by molar-refractivity contribution is 7.24. The monoisotopic (exact) mass is 268 g/mol. The SMILES string of the molecule is CC(C)(C)c1cccc2sc3ccccc3c(=O)c12. The largest absolute Gasteiger partial charge is 0.288 e. The Hall–Kier alpha value is -1.67. The Morgan fingerprint density at radius 1 is 0.895 bits per heavy atom. The minimum Gasteiger partial charge on any atom is -0.288 e. The lowest BCUT2D eigenvalue weighted by molar-refractivity contribution is 0.596. The Morgan fingerprint density at radius 2 is 1.58 bits per heavy atom. The lowest BCUT2D eigenvalue weighted by Crippen LogP contribution is -2.15. The normalized spacial score (nSPS) is 12.2. The van der Waals surface area contributed by atoms with Crippen LogP contribution < -0.4 is 5.43 Å². The smallest absolute Gasteiger partial charge is 0.196 e. The van der Waals surface area contributed by atoms with Crippen molar-refractivity contribution in [3.63, 3.8) is 0 Å². The van der Waals surface area contributed by atoms with Gasteiger partial charge in [-0.15, -0.1) is 11.3 Å². The highest BCUT2D eigenvalue weighted by Gasteiger charge is 2.19. The summed E-state index contributed by atoms with van der Waals surface area (Å²) in [6, 6.07) is 14.0. The van der Waals surface area contributed by atoms with Crippen LogP contribution in [0.5, 0.6) is 0 Å². The summed E-state index contributed by atoms with van der Waals surface area (Å²) in [6.45, 7) is 6.46. The van der Waals surface area contributed by atoms with Crippen molar-refractivity contribution in [3.05, 3.63) is 58.3 Å². The number of rotatable bonds is 0. The van der Waals surface area contributed by atoms with Crippen molar-refractivity contribution in [1.82, 2.24) is 0 Å². The Kier molecular flexibility index (Phi) is 2.72. The minimum atomic E-state index is -0.0200. The van der Waals surface area contributed by atoms with Gasteiger partial charge in [0.15, 0.2) is 5.43 Å². The van der Waals surface area contributed by atoms with E-state index in [0.29, 0.717) is 0 Å². The number of hydrogen-bond donors (Lipinski definition) is 0. The molecule has 0 unspecified atom stereocenters. The van der Waals surface area contributed by atoms with Crippen molar-refractivity contribution >= 4 is 31.5 Å². The fourth-order valence-electron chi connectivity index (χ4n) is 2.47. The van der Waals surface area contributed by atoms with Crippen LogP contribution in [0.3, 0.4) is 0 Å². The molecule has 1 heterocycles. The molecule has 0 amide bonds. The summed E-state index contributed by atoms with van der Waals surface area (Å²) in [5.74, 6) is 0. The summed E-state index contributed by atoms with van der Waals surface area (Å²) in [7, 11) is 0. The Balaban J connectivity index is 2.57. The second-order valence-corrected chi connectivity index (χ2v) is 6.94. The van der Waals surface area contributed by atoms with E-state index in [2.05, 4.69) is 26.8 Å². The van der Waals surface area contributed by atoms with E-state index in [4.69, 9.17) is 0 Å².